The Morgan fingerprint density at radius 1 is 1.17 bits per heavy atom. The first kappa shape index (κ1) is 25.6. The van der Waals surface area contributed by atoms with Crippen molar-refractivity contribution in [1.29, 1.82) is 0 Å². The third-order valence-corrected chi connectivity index (χ3v) is 7.02. The van der Waals surface area contributed by atoms with Gasteiger partial charge in [-0.25, -0.2) is 9.78 Å². The van der Waals surface area contributed by atoms with Crippen LogP contribution in [0.15, 0.2) is 9.59 Å². The molecule has 35 heavy (non-hydrogen) atoms. The largest absolute Gasteiger partial charge is 0.377 e. The smallest absolute Gasteiger partial charge is 0.330 e. The summed E-state index contributed by atoms with van der Waals surface area (Å²) in [4.78, 5) is 49.8. The number of carbonyl (C=O) groups excluding carboxylic acids is 1. The first-order valence-corrected chi connectivity index (χ1v) is 13.2. The van der Waals surface area contributed by atoms with Crippen LogP contribution in [0.1, 0.15) is 58.7 Å². The number of carbonyl (C=O) groups is 1. The number of aryl methyl sites for hydroxylation is 2. The summed E-state index contributed by atoms with van der Waals surface area (Å²) in [5.41, 5.74) is 0.0251. The number of aromatic amines is 1. The molecular formula is C25H40N6O4. The Labute approximate surface area is 206 Å². The molecule has 0 saturated carbocycles. The van der Waals surface area contributed by atoms with Gasteiger partial charge in [0, 0.05) is 65.3 Å². The van der Waals surface area contributed by atoms with E-state index in [-0.39, 0.29) is 11.8 Å². The molecule has 2 aromatic rings. The molecule has 0 aliphatic carbocycles. The lowest BCUT2D eigenvalue weighted by Gasteiger charge is -2.35. The highest BCUT2D eigenvalue weighted by Gasteiger charge is 2.26. The zero-order valence-electron chi connectivity index (χ0n) is 21.4. The minimum absolute atomic E-state index is 0.113. The number of ether oxygens (including phenoxy) is 1. The number of nitrogens with zero attached hydrogens (tertiary/aromatic N) is 5. The minimum atomic E-state index is -0.423. The van der Waals surface area contributed by atoms with Crippen LogP contribution in [0.4, 0.5) is 0 Å². The summed E-state index contributed by atoms with van der Waals surface area (Å²) in [6, 6.07) is 0. The van der Waals surface area contributed by atoms with E-state index >= 15 is 0 Å². The number of nitrogens with one attached hydrogen (secondary N) is 1. The molecule has 1 amide bonds. The second-order valence-electron chi connectivity index (χ2n) is 10.3. The van der Waals surface area contributed by atoms with Gasteiger partial charge in [0.25, 0.3) is 5.56 Å². The number of rotatable bonds is 10. The van der Waals surface area contributed by atoms with E-state index < -0.39 is 11.2 Å². The highest BCUT2D eigenvalue weighted by atomic mass is 16.5. The Bertz CT molecular complexity index is 1120. The molecule has 1 unspecified atom stereocenters. The molecule has 0 spiro atoms. The number of hydrogen-bond donors (Lipinski definition) is 1. The van der Waals surface area contributed by atoms with Crippen LogP contribution in [-0.4, -0.2) is 80.2 Å². The fraction of sp³-hybridized carbons (Fsp3) is 0.760. The third-order valence-electron chi connectivity index (χ3n) is 7.02. The topological polar surface area (TPSA) is 105 Å². The van der Waals surface area contributed by atoms with Crippen molar-refractivity contribution in [2.45, 2.75) is 78.5 Å². The minimum Gasteiger partial charge on any atom is -0.377 e. The van der Waals surface area contributed by atoms with E-state index in [0.29, 0.717) is 49.0 Å². The molecule has 10 heteroatoms. The average molecular weight is 489 g/mol. The third kappa shape index (κ3) is 6.03. The molecule has 0 bridgehead atoms. The number of piperazine rings is 1. The second kappa shape index (κ2) is 11.5. The normalized spacial score (nSPS) is 19.3. The molecule has 2 aromatic heterocycles. The summed E-state index contributed by atoms with van der Waals surface area (Å²) in [7, 11) is 0. The van der Waals surface area contributed by atoms with Crippen LogP contribution in [0.2, 0.25) is 0 Å². The SMILES string of the molecule is CCCCn1c(=O)[nH]c(=O)c2c1nc(CCC(=O)N1CCN(CC3CCCO3)CC1)n2CC(C)C. The maximum absolute atomic E-state index is 13.0. The Hall–Kier alpha value is -2.46. The quantitative estimate of drug-likeness (QED) is 0.545. The first-order valence-electron chi connectivity index (χ1n) is 13.2. The van der Waals surface area contributed by atoms with E-state index in [1.54, 1.807) is 4.57 Å². The second-order valence-corrected chi connectivity index (χ2v) is 10.3. The molecule has 0 radical (unpaired) electrons. The molecule has 1 atom stereocenters. The fourth-order valence-corrected chi connectivity index (χ4v) is 5.13. The van der Waals surface area contributed by atoms with Crippen molar-refractivity contribution in [3.8, 4) is 0 Å². The van der Waals surface area contributed by atoms with Gasteiger partial charge in [-0.05, 0) is 25.2 Å². The summed E-state index contributed by atoms with van der Waals surface area (Å²) in [6.45, 7) is 12.4. The Morgan fingerprint density at radius 3 is 2.60 bits per heavy atom. The predicted octanol–water partition coefficient (Wildman–Crippen LogP) is 1.60. The predicted molar refractivity (Wildman–Crippen MR) is 135 cm³/mol. The van der Waals surface area contributed by atoms with Gasteiger partial charge < -0.3 is 14.2 Å². The fourth-order valence-electron chi connectivity index (χ4n) is 5.13. The molecule has 194 valence electrons. The maximum atomic E-state index is 13.0. The summed E-state index contributed by atoms with van der Waals surface area (Å²) < 4.78 is 9.22. The Morgan fingerprint density at radius 2 is 1.94 bits per heavy atom. The van der Waals surface area contributed by atoms with Gasteiger partial charge in [0.05, 0.1) is 6.10 Å². The molecule has 0 aromatic carbocycles. The van der Waals surface area contributed by atoms with Gasteiger partial charge in [-0.3, -0.25) is 24.0 Å². The van der Waals surface area contributed by atoms with E-state index in [9.17, 15) is 14.4 Å². The van der Waals surface area contributed by atoms with Gasteiger partial charge >= 0.3 is 5.69 Å². The van der Waals surface area contributed by atoms with E-state index in [1.165, 1.54) is 0 Å². The summed E-state index contributed by atoms with van der Waals surface area (Å²) >= 11 is 0. The van der Waals surface area contributed by atoms with Crippen molar-refractivity contribution in [1.82, 2.24) is 28.9 Å². The molecule has 1 N–H and O–H groups in total. The van der Waals surface area contributed by atoms with Crippen molar-refractivity contribution in [3.63, 3.8) is 0 Å². The van der Waals surface area contributed by atoms with Crippen LogP contribution in [0.25, 0.3) is 11.2 Å². The van der Waals surface area contributed by atoms with Crippen LogP contribution in [0.3, 0.4) is 0 Å². The highest BCUT2D eigenvalue weighted by molar-refractivity contribution is 5.77. The zero-order chi connectivity index (χ0) is 24.9. The Balaban J connectivity index is 1.46. The lowest BCUT2D eigenvalue weighted by atomic mass is 10.2. The van der Waals surface area contributed by atoms with Gasteiger partial charge in [-0.15, -0.1) is 0 Å². The molecular weight excluding hydrogens is 448 g/mol. The van der Waals surface area contributed by atoms with Gasteiger partial charge in [-0.1, -0.05) is 27.2 Å². The van der Waals surface area contributed by atoms with E-state index in [2.05, 4.69) is 30.7 Å². The van der Waals surface area contributed by atoms with E-state index in [4.69, 9.17) is 9.72 Å². The number of hydrogen-bond acceptors (Lipinski definition) is 6. The Kier molecular flexibility index (Phi) is 8.43. The molecule has 4 heterocycles. The van der Waals surface area contributed by atoms with Crippen LogP contribution < -0.4 is 11.2 Å². The monoisotopic (exact) mass is 488 g/mol. The van der Waals surface area contributed by atoms with Gasteiger partial charge in [0.2, 0.25) is 5.91 Å². The molecule has 2 saturated heterocycles. The van der Waals surface area contributed by atoms with E-state index in [1.807, 2.05) is 9.47 Å². The lowest BCUT2D eigenvalue weighted by Crippen LogP contribution is -2.50. The molecule has 2 aliphatic heterocycles. The number of H-pyrrole nitrogens is 1. The number of imidazole rings is 1. The number of amides is 1. The highest BCUT2D eigenvalue weighted by Crippen LogP contribution is 2.18. The lowest BCUT2D eigenvalue weighted by molar-refractivity contribution is -0.133. The van der Waals surface area contributed by atoms with Gasteiger partial charge in [-0.2, -0.15) is 0 Å². The van der Waals surface area contributed by atoms with Crippen LogP contribution >= 0.6 is 0 Å². The number of aromatic nitrogens is 4. The van der Waals surface area contributed by atoms with Crippen molar-refractivity contribution in [3.05, 3.63) is 26.7 Å². The molecule has 4 rings (SSSR count). The van der Waals surface area contributed by atoms with Gasteiger partial charge in [0.15, 0.2) is 11.2 Å². The number of fused-ring (bicyclic) bond motifs is 1. The zero-order valence-corrected chi connectivity index (χ0v) is 21.4. The maximum Gasteiger partial charge on any atom is 0.330 e. The first-order chi connectivity index (χ1) is 16.9. The van der Waals surface area contributed by atoms with Crippen LogP contribution in [-0.2, 0) is 29.0 Å². The van der Waals surface area contributed by atoms with Crippen molar-refractivity contribution in [2.24, 2.45) is 5.92 Å². The molecule has 2 aliphatic rings. The summed E-state index contributed by atoms with van der Waals surface area (Å²) in [5.74, 6) is 1.09. The van der Waals surface area contributed by atoms with E-state index in [0.717, 1.165) is 65.0 Å². The average Bonchev–Trinajstić information content (AvgIpc) is 3.46. The number of unbranched alkanes of at least 4 members (excludes halogenated alkanes) is 1. The van der Waals surface area contributed by atoms with Gasteiger partial charge in [0.1, 0.15) is 5.82 Å². The van der Waals surface area contributed by atoms with Crippen LogP contribution in [0.5, 0.6) is 0 Å². The molecule has 10 nitrogen and oxygen atoms in total. The summed E-state index contributed by atoms with van der Waals surface area (Å²) in [6.07, 6.45) is 5.15. The van der Waals surface area contributed by atoms with Crippen LogP contribution in [0, 0.1) is 5.92 Å². The summed E-state index contributed by atoms with van der Waals surface area (Å²) in [5, 5.41) is 0. The van der Waals surface area contributed by atoms with Crippen molar-refractivity contribution in [2.75, 3.05) is 39.3 Å². The van der Waals surface area contributed by atoms with Crippen molar-refractivity contribution >= 4 is 17.1 Å². The van der Waals surface area contributed by atoms with Crippen molar-refractivity contribution < 1.29 is 9.53 Å². The standard InChI is InChI=1S/C25H40N6O4/c1-4-5-10-30-23-22(24(33)27-25(30)34)31(16-18(2)3)20(26-23)8-9-21(32)29-13-11-28(12-14-29)17-19-7-6-15-35-19/h18-19H,4-17H2,1-3H3,(H,27,33,34). The molecule has 2 fully saturated rings.